The molecule has 6 aromatic rings. The first-order chi connectivity index (χ1) is 51.1. The number of nitrogens with zero attached hydrogens (tertiary/aromatic N) is 9. The van der Waals surface area contributed by atoms with E-state index in [-0.39, 0.29) is 17.2 Å². The number of halogens is 6. The Morgan fingerprint density at radius 2 is 0.868 bits per heavy atom. The molecule has 0 unspecified atom stereocenters. The van der Waals surface area contributed by atoms with E-state index in [1.54, 1.807) is 43.0 Å². The van der Waals surface area contributed by atoms with E-state index < -0.39 is 89.7 Å². The summed E-state index contributed by atoms with van der Waals surface area (Å²) in [4.78, 5) is 105. The minimum absolute atomic E-state index is 0.130. The van der Waals surface area contributed by atoms with Crippen molar-refractivity contribution in [3.05, 3.63) is 223 Å². The first kappa shape index (κ1) is 79.6. The molecule has 27 nitrogen and oxygen atoms in total. The van der Waals surface area contributed by atoms with Crippen molar-refractivity contribution < 1.29 is 85.7 Å². The molecule has 6 aliphatic rings. The molecule has 0 aliphatic carbocycles. The number of benzene rings is 3. The number of hydrogen-bond donors (Lipinski definition) is 6. The van der Waals surface area contributed by atoms with E-state index in [2.05, 4.69) is 67.7 Å². The lowest BCUT2D eigenvalue weighted by Crippen LogP contribution is -2.46. The Labute approximate surface area is 638 Å². The van der Waals surface area contributed by atoms with Crippen LogP contribution in [0.2, 0.25) is 5.02 Å². The molecule has 3 aromatic carbocycles. The van der Waals surface area contributed by atoms with Crippen LogP contribution in [0, 0.1) is 17.5 Å². The second-order valence-corrected chi connectivity index (χ2v) is 28.2. The molecular formula is C70H68Br2ClF3N12O15S3. The standard InChI is InChI=1S/C24H24BrFN4O5S.C23H22BrFN4O5S.C23H22ClFN4O5S/c1-2-34-24(33)20-18(13-30-8-9-35-15(12-30)4-6-19(31)32)28-22(23-27-7-10-36-23)29-21(20)16-5-3-14(26)11-17(16)25;2*1-33-23(32)19-17(12-29-7-8-34-14(11-29)3-5-18(30)31)27-21(22-26-6-9-35-22)28-20(19)15-4-2-13(25)10-16(15)24/h3-7,10-11,15,21H,2,8-9,12-13H2,1H3,(H,28,29)(H,31,32);2*2-6,9-10,14,20H,7-8,11-12H2,1H3,(H,27,28)(H,30,31)/b6-4+;2*5-3+/t15-,21+;2*14-,20+/m111/s1. The number of aromatic nitrogens is 3. The third kappa shape index (κ3) is 21.2. The number of hydrogen-bond acceptors (Lipinski definition) is 27. The van der Waals surface area contributed by atoms with Crippen LogP contribution in [0.3, 0.4) is 0 Å². The van der Waals surface area contributed by atoms with Crippen LogP contribution in [-0.4, -0.2) is 216 Å². The minimum atomic E-state index is -1.06. The first-order valence-corrected chi connectivity index (χ1v) is 37.0. The molecule has 6 N–H and O–H groups in total. The number of esters is 3. The van der Waals surface area contributed by atoms with Crippen molar-refractivity contribution in [2.24, 2.45) is 15.0 Å². The summed E-state index contributed by atoms with van der Waals surface area (Å²) in [7, 11) is 2.57. The molecule has 3 fully saturated rings. The molecule has 12 rings (SSSR count). The van der Waals surface area contributed by atoms with Crippen LogP contribution in [0.4, 0.5) is 13.2 Å². The summed E-state index contributed by atoms with van der Waals surface area (Å²) < 4.78 is 74.9. The lowest BCUT2D eigenvalue weighted by Gasteiger charge is -2.34. The fourth-order valence-corrected chi connectivity index (χ4v) is 14.9. The van der Waals surface area contributed by atoms with Gasteiger partial charge in [0, 0.05) is 148 Å². The summed E-state index contributed by atoms with van der Waals surface area (Å²) in [5, 5.41) is 44.0. The third-order valence-electron chi connectivity index (χ3n) is 16.4. The summed E-state index contributed by atoms with van der Waals surface area (Å²) in [6.45, 7) is 7.01. The lowest BCUT2D eigenvalue weighted by molar-refractivity contribution is -0.139. The second-order valence-electron chi connectivity index (χ2n) is 23.4. The number of methoxy groups -OCH3 is 2. The van der Waals surface area contributed by atoms with Crippen molar-refractivity contribution in [1.29, 1.82) is 0 Å². The van der Waals surface area contributed by atoms with Crippen LogP contribution in [0.15, 0.2) is 184 Å². The molecule has 0 bridgehead atoms. The number of ether oxygens (including phenoxy) is 6. The van der Waals surface area contributed by atoms with E-state index in [0.717, 1.165) is 18.2 Å². The van der Waals surface area contributed by atoms with Gasteiger partial charge in [-0.15, -0.1) is 34.0 Å². The van der Waals surface area contributed by atoms with Crippen LogP contribution in [0.5, 0.6) is 0 Å². The number of thiazole rings is 3. The fourth-order valence-electron chi connectivity index (χ4n) is 11.7. The van der Waals surface area contributed by atoms with Gasteiger partial charge in [-0.2, -0.15) is 0 Å². The summed E-state index contributed by atoms with van der Waals surface area (Å²) >= 11 is 17.4. The molecule has 0 saturated carbocycles. The number of rotatable bonds is 22. The van der Waals surface area contributed by atoms with E-state index in [0.29, 0.717) is 165 Å². The first-order valence-electron chi connectivity index (χ1n) is 32.4. The number of nitrogens with one attached hydrogen (secondary N) is 3. The van der Waals surface area contributed by atoms with Crippen LogP contribution in [0.1, 0.15) is 56.8 Å². The Morgan fingerprint density at radius 1 is 0.538 bits per heavy atom. The Morgan fingerprint density at radius 3 is 1.17 bits per heavy atom. The molecule has 106 heavy (non-hydrogen) atoms. The summed E-state index contributed by atoms with van der Waals surface area (Å²) in [6.07, 6.45) is 11.4. The van der Waals surface area contributed by atoms with Gasteiger partial charge in [0.1, 0.15) is 35.6 Å². The normalized spacial score (nSPS) is 21.0. The molecule has 0 radical (unpaired) electrons. The van der Waals surface area contributed by atoms with Gasteiger partial charge >= 0.3 is 35.8 Å². The summed E-state index contributed by atoms with van der Waals surface area (Å²) in [5.41, 5.74) is 4.19. The largest absolute Gasteiger partial charge is 0.478 e. The predicted octanol–water partition coefficient (Wildman–Crippen LogP) is 8.99. The summed E-state index contributed by atoms with van der Waals surface area (Å²) in [6, 6.07) is 10.0. The van der Waals surface area contributed by atoms with Crippen LogP contribution in [-0.2, 0) is 57.2 Å². The third-order valence-corrected chi connectivity index (χ3v) is 20.4. The number of carboxylic acids is 3. The minimum Gasteiger partial charge on any atom is -0.478 e. The smallest absolute Gasteiger partial charge is 0.338 e. The number of carboxylic acid groups (broad SMARTS) is 3. The fraction of sp³-hybridized carbons (Fsp3) is 0.314. The van der Waals surface area contributed by atoms with Gasteiger partial charge in [-0.1, -0.05) is 61.7 Å². The van der Waals surface area contributed by atoms with E-state index in [9.17, 15) is 41.9 Å². The molecule has 3 saturated heterocycles. The number of aliphatic carboxylic acids is 3. The average Bonchev–Trinajstić information content (AvgIpc) is 0.960. The van der Waals surface area contributed by atoms with Gasteiger partial charge in [0.25, 0.3) is 0 Å². The maximum atomic E-state index is 13.9. The van der Waals surface area contributed by atoms with Crippen molar-refractivity contribution in [3.8, 4) is 0 Å². The zero-order valence-corrected chi connectivity index (χ0v) is 62.9. The molecule has 0 amide bonds. The van der Waals surface area contributed by atoms with Crippen molar-refractivity contribution in [2.45, 2.75) is 43.4 Å². The number of carbonyl (C=O) groups excluding carboxylic acids is 3. The molecule has 3 aromatic heterocycles. The molecule has 36 heteroatoms. The number of carbonyl (C=O) groups is 6. The highest BCUT2D eigenvalue weighted by Gasteiger charge is 2.39. The maximum absolute atomic E-state index is 13.9. The Bertz CT molecular complexity index is 4320. The highest BCUT2D eigenvalue weighted by atomic mass is 79.9. The Hall–Kier alpha value is -8.98. The van der Waals surface area contributed by atoms with Gasteiger partial charge < -0.3 is 59.7 Å². The summed E-state index contributed by atoms with van der Waals surface area (Å²) in [5.74, 6) is -4.77. The molecule has 6 aliphatic heterocycles. The van der Waals surface area contributed by atoms with Crippen LogP contribution < -0.4 is 16.0 Å². The maximum Gasteiger partial charge on any atom is 0.338 e. The lowest BCUT2D eigenvalue weighted by atomic mass is 9.95. The number of morpholine rings is 3. The SMILES string of the molecule is CCOC(=O)C1=C(CN2CCO[C@H](/C=C/C(=O)O)C2)NC(c2nccs2)=N[C@H]1c1ccc(F)cc1Br.COC(=O)C1=C(CN2CCO[C@H](/C=C/C(=O)O)C2)NC(c2nccs2)=N[C@H]1c1ccc(F)cc1Br.COC(=O)C1=C(CN2CCO[C@H](/C=C/C(=O)O)C2)NC(c2nccs2)=N[C@H]1c1ccc(F)cc1Cl. The number of aliphatic imine (C=N–C) groups is 3. The van der Waals surface area contributed by atoms with Gasteiger partial charge in [0.05, 0.1) is 75.7 Å². The van der Waals surface area contributed by atoms with Crippen LogP contribution in [0.25, 0.3) is 0 Å². The van der Waals surface area contributed by atoms with Gasteiger partial charge in [-0.3, -0.25) is 29.7 Å². The molecule has 9 heterocycles. The van der Waals surface area contributed by atoms with E-state index >= 15 is 0 Å². The topological polar surface area (TPSA) is 340 Å². The second kappa shape index (κ2) is 38.0. The molecule has 6 atom stereocenters. The quantitative estimate of drug-likeness (QED) is 0.0210. The zero-order chi connectivity index (χ0) is 75.6. The van der Waals surface area contributed by atoms with E-state index in [1.807, 2.05) is 20.6 Å². The molecular weight excluding hydrogens is 1600 g/mol. The van der Waals surface area contributed by atoms with Gasteiger partial charge in [0.15, 0.2) is 32.5 Å². The highest BCUT2D eigenvalue weighted by molar-refractivity contribution is 9.10. The Kier molecular flexibility index (Phi) is 28.5. The van der Waals surface area contributed by atoms with Crippen molar-refractivity contribution >= 4 is 131 Å². The predicted molar refractivity (Wildman–Crippen MR) is 394 cm³/mol. The molecule has 558 valence electrons. The van der Waals surface area contributed by atoms with Gasteiger partial charge in [0.2, 0.25) is 0 Å². The van der Waals surface area contributed by atoms with Crippen molar-refractivity contribution in [3.63, 3.8) is 0 Å². The van der Waals surface area contributed by atoms with Crippen molar-refractivity contribution in [1.82, 2.24) is 45.6 Å². The average molecular weight is 1670 g/mol. The van der Waals surface area contributed by atoms with Gasteiger partial charge in [-0.25, -0.2) is 56.9 Å². The van der Waals surface area contributed by atoms with E-state index in [4.69, 9.17) is 70.3 Å². The highest BCUT2D eigenvalue weighted by Crippen LogP contribution is 2.41. The van der Waals surface area contributed by atoms with Crippen LogP contribution >= 0.6 is 77.5 Å². The van der Waals surface area contributed by atoms with E-state index in [1.165, 1.54) is 109 Å². The van der Waals surface area contributed by atoms with Gasteiger partial charge in [-0.05, 0) is 72.7 Å². The number of amidine groups is 3. The molecule has 0 spiro atoms. The monoisotopic (exact) mass is 1660 g/mol. The Balaban J connectivity index is 0.000000170. The van der Waals surface area contributed by atoms with Crippen molar-refractivity contribution in [2.75, 3.05) is 99.5 Å². The zero-order valence-electron chi connectivity index (χ0n) is 56.5.